The molecule has 0 bridgehead atoms. The number of ketones is 1. The standard InChI is InChI=1S/C16H9Cl2F3N2O2/c17-10-3-1-9(2-4-10)14(24)13(15(25)16(19,20)21)23-22-12-7-5-11(18)6-8-12/h1-8,24H/b14-13+,23-22?. The predicted molar refractivity (Wildman–Crippen MR) is 88.0 cm³/mol. The van der Waals surface area contributed by atoms with Crippen molar-refractivity contribution in [3.63, 3.8) is 0 Å². The molecule has 0 unspecified atom stereocenters. The molecule has 0 aromatic heterocycles. The van der Waals surface area contributed by atoms with E-state index in [0.717, 1.165) is 0 Å². The molecule has 9 heteroatoms. The summed E-state index contributed by atoms with van der Waals surface area (Å²) in [7, 11) is 0. The number of azo groups is 1. The molecule has 0 aliphatic carbocycles. The molecule has 0 spiro atoms. The van der Waals surface area contributed by atoms with Gasteiger partial charge in [-0.3, -0.25) is 4.79 Å². The number of rotatable bonds is 4. The number of hydrogen-bond donors (Lipinski definition) is 1. The maximum Gasteiger partial charge on any atom is 0.456 e. The van der Waals surface area contributed by atoms with E-state index in [-0.39, 0.29) is 11.3 Å². The number of halogens is 5. The summed E-state index contributed by atoms with van der Waals surface area (Å²) in [5.41, 5.74) is -1.14. The second-order valence-electron chi connectivity index (χ2n) is 4.71. The number of carbonyl (C=O) groups excluding carboxylic acids is 1. The quantitative estimate of drug-likeness (QED) is 0.388. The van der Waals surface area contributed by atoms with Gasteiger partial charge in [-0.2, -0.15) is 18.3 Å². The molecule has 0 saturated carbocycles. The fourth-order valence-corrected chi connectivity index (χ4v) is 1.95. The Labute approximate surface area is 150 Å². The SMILES string of the molecule is O=C(/C(N=Nc1ccc(Cl)cc1)=C(\O)c1ccc(Cl)cc1)C(F)(F)F. The largest absolute Gasteiger partial charge is 0.505 e. The zero-order valence-electron chi connectivity index (χ0n) is 12.3. The van der Waals surface area contributed by atoms with Crippen LogP contribution in [0.5, 0.6) is 0 Å². The number of carbonyl (C=O) groups is 1. The molecule has 0 atom stereocenters. The highest BCUT2D eigenvalue weighted by molar-refractivity contribution is 6.30. The monoisotopic (exact) mass is 388 g/mol. The summed E-state index contributed by atoms with van der Waals surface area (Å²) in [5.74, 6) is -3.28. The molecule has 25 heavy (non-hydrogen) atoms. The van der Waals surface area contributed by atoms with Gasteiger partial charge in [-0.05, 0) is 48.5 Å². The van der Waals surface area contributed by atoms with Crippen LogP contribution in [0.15, 0.2) is 64.5 Å². The van der Waals surface area contributed by atoms with Gasteiger partial charge in [0.05, 0.1) is 5.69 Å². The highest BCUT2D eigenvalue weighted by Crippen LogP contribution is 2.28. The summed E-state index contributed by atoms with van der Waals surface area (Å²) in [6, 6.07) is 10.9. The Bertz CT molecular complexity index is 830. The Morgan fingerprint density at radius 2 is 1.40 bits per heavy atom. The normalized spacial score (nSPS) is 13.0. The van der Waals surface area contributed by atoms with Crippen molar-refractivity contribution in [3.05, 3.63) is 69.8 Å². The first-order chi connectivity index (χ1) is 11.7. The third-order valence-corrected chi connectivity index (χ3v) is 3.41. The summed E-state index contributed by atoms with van der Waals surface area (Å²) >= 11 is 11.4. The molecule has 0 aliphatic heterocycles. The fraction of sp³-hybridized carbons (Fsp3) is 0.0625. The highest BCUT2D eigenvalue weighted by Gasteiger charge is 2.43. The molecular weight excluding hydrogens is 380 g/mol. The van der Waals surface area contributed by atoms with Gasteiger partial charge in [-0.15, -0.1) is 5.11 Å². The number of hydrogen-bond acceptors (Lipinski definition) is 4. The van der Waals surface area contributed by atoms with Crippen LogP contribution in [-0.2, 0) is 4.79 Å². The Morgan fingerprint density at radius 1 is 0.920 bits per heavy atom. The summed E-state index contributed by atoms with van der Waals surface area (Å²) in [6.45, 7) is 0. The van der Waals surface area contributed by atoms with Crippen LogP contribution in [-0.4, -0.2) is 17.1 Å². The molecule has 0 amide bonds. The van der Waals surface area contributed by atoms with Gasteiger partial charge in [0.2, 0.25) is 0 Å². The van der Waals surface area contributed by atoms with E-state index in [1.165, 1.54) is 48.5 Å². The van der Waals surface area contributed by atoms with E-state index in [2.05, 4.69) is 10.2 Å². The van der Waals surface area contributed by atoms with Crippen molar-refractivity contribution >= 4 is 40.4 Å². The first-order valence-corrected chi connectivity index (χ1v) is 7.42. The van der Waals surface area contributed by atoms with E-state index in [9.17, 15) is 23.1 Å². The van der Waals surface area contributed by atoms with Crippen molar-refractivity contribution in [3.8, 4) is 0 Å². The molecule has 0 saturated heterocycles. The third kappa shape index (κ3) is 5.04. The van der Waals surface area contributed by atoms with E-state index in [4.69, 9.17) is 23.2 Å². The molecule has 4 nitrogen and oxygen atoms in total. The van der Waals surface area contributed by atoms with Gasteiger partial charge < -0.3 is 5.11 Å². The van der Waals surface area contributed by atoms with Crippen molar-refractivity contribution in [2.75, 3.05) is 0 Å². The van der Waals surface area contributed by atoms with Gasteiger partial charge >= 0.3 is 6.18 Å². The van der Waals surface area contributed by atoms with Gasteiger partial charge in [0.15, 0.2) is 11.5 Å². The first-order valence-electron chi connectivity index (χ1n) is 6.66. The number of aliphatic hydroxyl groups excluding tert-OH is 1. The van der Waals surface area contributed by atoms with E-state index in [1.54, 1.807) is 0 Å². The van der Waals surface area contributed by atoms with Gasteiger partial charge in [0.25, 0.3) is 5.78 Å². The van der Waals surface area contributed by atoms with E-state index >= 15 is 0 Å². The average molecular weight is 389 g/mol. The fourth-order valence-electron chi connectivity index (χ4n) is 1.69. The molecule has 0 radical (unpaired) electrons. The topological polar surface area (TPSA) is 62.0 Å². The molecule has 0 heterocycles. The molecule has 0 fully saturated rings. The van der Waals surface area contributed by atoms with Crippen LogP contribution >= 0.6 is 23.2 Å². The Kier molecular flexibility index (Phi) is 5.81. The lowest BCUT2D eigenvalue weighted by molar-refractivity contribution is -0.166. The van der Waals surface area contributed by atoms with E-state index in [0.29, 0.717) is 10.0 Å². The predicted octanol–water partition coefficient (Wildman–Crippen LogP) is 6.14. The van der Waals surface area contributed by atoms with Crippen LogP contribution < -0.4 is 0 Å². The van der Waals surface area contributed by atoms with Crippen LogP contribution in [0.25, 0.3) is 5.76 Å². The molecule has 2 rings (SSSR count). The van der Waals surface area contributed by atoms with Crippen molar-refractivity contribution in [2.24, 2.45) is 10.2 Å². The molecule has 2 aromatic carbocycles. The number of aliphatic hydroxyl groups is 1. The first kappa shape index (κ1) is 19.0. The zero-order chi connectivity index (χ0) is 18.6. The maximum atomic E-state index is 12.8. The van der Waals surface area contributed by atoms with Gasteiger partial charge in [-0.1, -0.05) is 23.2 Å². The number of allylic oxidation sites excluding steroid dienone is 1. The smallest absolute Gasteiger partial charge is 0.456 e. The van der Waals surface area contributed by atoms with Crippen LogP contribution in [0, 0.1) is 0 Å². The number of benzene rings is 2. The minimum atomic E-state index is -5.23. The highest BCUT2D eigenvalue weighted by atomic mass is 35.5. The summed E-state index contributed by atoms with van der Waals surface area (Å²) in [5, 5.41) is 17.6. The Balaban J connectivity index is 2.49. The van der Waals surface area contributed by atoms with Gasteiger partial charge in [-0.25, -0.2) is 0 Å². The molecule has 0 aliphatic rings. The number of alkyl halides is 3. The lowest BCUT2D eigenvalue weighted by Crippen LogP contribution is -2.24. The van der Waals surface area contributed by atoms with Crippen molar-refractivity contribution < 1.29 is 23.1 Å². The van der Waals surface area contributed by atoms with Gasteiger partial charge in [0.1, 0.15) is 0 Å². The Morgan fingerprint density at radius 3 is 1.88 bits per heavy atom. The van der Waals surface area contributed by atoms with Crippen LogP contribution in [0.2, 0.25) is 10.0 Å². The molecule has 2 aromatic rings. The summed E-state index contributed by atoms with van der Waals surface area (Å²) in [4.78, 5) is 11.6. The summed E-state index contributed by atoms with van der Waals surface area (Å²) < 4.78 is 38.3. The third-order valence-electron chi connectivity index (χ3n) is 2.91. The molecule has 1 N–H and O–H groups in total. The summed E-state index contributed by atoms with van der Waals surface area (Å²) in [6.07, 6.45) is -5.23. The maximum absolute atomic E-state index is 12.8. The van der Waals surface area contributed by atoms with Crippen LogP contribution in [0.1, 0.15) is 5.56 Å². The Hall–Kier alpha value is -2.38. The van der Waals surface area contributed by atoms with Crippen molar-refractivity contribution in [2.45, 2.75) is 6.18 Å². The van der Waals surface area contributed by atoms with E-state index in [1.807, 2.05) is 0 Å². The lowest BCUT2D eigenvalue weighted by atomic mass is 10.1. The molecule has 130 valence electrons. The van der Waals surface area contributed by atoms with Crippen LogP contribution in [0.4, 0.5) is 18.9 Å². The van der Waals surface area contributed by atoms with Crippen molar-refractivity contribution in [1.29, 1.82) is 0 Å². The second-order valence-corrected chi connectivity index (χ2v) is 5.58. The van der Waals surface area contributed by atoms with Crippen molar-refractivity contribution in [1.82, 2.24) is 0 Å². The lowest BCUT2D eigenvalue weighted by Gasteiger charge is -2.08. The number of nitrogens with zero attached hydrogens (tertiary/aromatic N) is 2. The minimum Gasteiger partial charge on any atom is -0.505 e. The second kappa shape index (κ2) is 7.67. The average Bonchev–Trinajstić information content (AvgIpc) is 2.56. The number of Topliss-reactive ketones (excluding diaryl/α,β-unsaturated/α-hetero) is 1. The molecular formula is C16H9Cl2F3N2O2. The van der Waals surface area contributed by atoms with E-state index < -0.39 is 23.4 Å². The van der Waals surface area contributed by atoms with Crippen LogP contribution in [0.3, 0.4) is 0 Å². The van der Waals surface area contributed by atoms with Gasteiger partial charge in [0, 0.05) is 15.6 Å². The minimum absolute atomic E-state index is 0.0629. The zero-order valence-corrected chi connectivity index (χ0v) is 13.8.